The van der Waals surface area contributed by atoms with Crippen molar-refractivity contribution in [3.8, 4) is 33.4 Å². The van der Waals surface area contributed by atoms with Crippen LogP contribution in [0.2, 0.25) is 0 Å². The maximum absolute atomic E-state index is 13.8. The molecule has 0 radical (unpaired) electrons. The number of fused-ring (bicyclic) bond motifs is 2. The standard InChI is InChI=1S/C58H60O4/c1-29(2)35-17-13-18-36(30(3)4)49(35)42-25-26-44-52-41(42)23-16-24-43(52)53-45(50-37(31(5)6)19-14-20-38(50)32(7)8)27-47(57(59)60)55-48(58(61)62)28-46(54(44)56(53)55)51-39(33(9)10)21-15-22-40(51)34(11)12/h13-34H,1-12H3,(H,59,60)(H,61,62). The van der Waals surface area contributed by atoms with Gasteiger partial charge in [-0.3, -0.25) is 0 Å². The maximum Gasteiger partial charge on any atom is 0.336 e. The summed E-state index contributed by atoms with van der Waals surface area (Å²) in [7, 11) is 0. The third kappa shape index (κ3) is 6.65. The van der Waals surface area contributed by atoms with Crippen LogP contribution in [-0.2, 0) is 0 Å². The molecule has 316 valence electrons. The molecule has 0 heterocycles. The lowest BCUT2D eigenvalue weighted by Gasteiger charge is -2.28. The average Bonchev–Trinajstić information content (AvgIpc) is 3.23. The summed E-state index contributed by atoms with van der Waals surface area (Å²) in [4.78, 5) is 27.6. The van der Waals surface area contributed by atoms with Gasteiger partial charge in [0.05, 0.1) is 11.1 Å². The van der Waals surface area contributed by atoms with Crippen LogP contribution < -0.4 is 0 Å². The van der Waals surface area contributed by atoms with Gasteiger partial charge in [0.15, 0.2) is 0 Å². The van der Waals surface area contributed by atoms with Crippen LogP contribution in [0.25, 0.3) is 76.5 Å². The molecule has 0 aliphatic heterocycles. The largest absolute Gasteiger partial charge is 0.478 e. The maximum atomic E-state index is 13.8. The van der Waals surface area contributed by atoms with Gasteiger partial charge in [-0.05, 0) is 147 Å². The van der Waals surface area contributed by atoms with E-state index in [4.69, 9.17) is 0 Å². The summed E-state index contributed by atoms with van der Waals surface area (Å²) in [6.45, 7) is 26.6. The van der Waals surface area contributed by atoms with E-state index in [1.807, 2.05) is 0 Å². The molecule has 8 aromatic rings. The van der Waals surface area contributed by atoms with Crippen LogP contribution in [0.4, 0.5) is 0 Å². The average molecular weight is 821 g/mol. The van der Waals surface area contributed by atoms with Crippen molar-refractivity contribution in [1.29, 1.82) is 0 Å². The lowest BCUT2D eigenvalue weighted by Crippen LogP contribution is -2.09. The van der Waals surface area contributed by atoms with Gasteiger partial charge >= 0.3 is 11.9 Å². The van der Waals surface area contributed by atoms with Gasteiger partial charge in [0.2, 0.25) is 0 Å². The van der Waals surface area contributed by atoms with Crippen molar-refractivity contribution in [3.05, 3.63) is 142 Å². The molecule has 0 bridgehead atoms. The number of hydrogen-bond donors (Lipinski definition) is 2. The Morgan fingerprint density at radius 1 is 0.339 bits per heavy atom. The zero-order valence-electron chi connectivity index (χ0n) is 38.4. The first-order valence-electron chi connectivity index (χ1n) is 22.6. The van der Waals surface area contributed by atoms with Crippen molar-refractivity contribution in [2.24, 2.45) is 0 Å². The van der Waals surface area contributed by atoms with Crippen LogP contribution in [-0.4, -0.2) is 22.2 Å². The highest BCUT2D eigenvalue weighted by Gasteiger charge is 2.31. The molecular weight excluding hydrogens is 761 g/mol. The Bertz CT molecular complexity index is 2870. The number of carboxylic acid groups (broad SMARTS) is 2. The number of carboxylic acids is 2. The van der Waals surface area contributed by atoms with E-state index in [2.05, 4.69) is 168 Å². The summed E-state index contributed by atoms with van der Waals surface area (Å²) in [5.74, 6) is -1.20. The summed E-state index contributed by atoms with van der Waals surface area (Å²) in [5, 5.41) is 29.5. The predicted molar refractivity (Wildman–Crippen MR) is 262 cm³/mol. The molecule has 0 amide bonds. The first kappa shape index (κ1) is 42.7. The normalized spacial score (nSPS) is 12.4. The Balaban J connectivity index is 1.78. The minimum absolute atomic E-state index is 0.00174. The molecule has 0 spiro atoms. The highest BCUT2D eigenvalue weighted by Crippen LogP contribution is 2.54. The fourth-order valence-corrected chi connectivity index (χ4v) is 10.6. The van der Waals surface area contributed by atoms with E-state index < -0.39 is 11.9 Å². The van der Waals surface area contributed by atoms with Crippen LogP contribution in [0.15, 0.2) is 97.1 Å². The molecule has 0 aromatic heterocycles. The molecule has 62 heavy (non-hydrogen) atoms. The van der Waals surface area contributed by atoms with Gasteiger partial charge in [0.25, 0.3) is 0 Å². The van der Waals surface area contributed by atoms with E-state index in [1.54, 1.807) is 12.1 Å². The molecule has 0 fully saturated rings. The van der Waals surface area contributed by atoms with E-state index in [0.29, 0.717) is 5.39 Å². The number of rotatable bonds is 11. The van der Waals surface area contributed by atoms with E-state index in [1.165, 1.54) is 22.3 Å². The van der Waals surface area contributed by atoms with E-state index in [-0.39, 0.29) is 52.0 Å². The Hall–Kier alpha value is -6.00. The highest BCUT2D eigenvalue weighted by molar-refractivity contribution is 6.41. The molecule has 0 unspecified atom stereocenters. The minimum Gasteiger partial charge on any atom is -0.478 e. The molecule has 8 rings (SSSR count). The lowest BCUT2D eigenvalue weighted by atomic mass is 9.75. The molecule has 4 nitrogen and oxygen atoms in total. The first-order valence-corrected chi connectivity index (χ1v) is 22.6. The van der Waals surface area contributed by atoms with E-state index in [9.17, 15) is 19.8 Å². The fraction of sp³-hybridized carbons (Fsp3) is 0.310. The molecule has 4 heteroatoms. The molecule has 0 saturated carbocycles. The second kappa shape index (κ2) is 16.0. The van der Waals surface area contributed by atoms with Gasteiger partial charge in [0, 0.05) is 10.8 Å². The van der Waals surface area contributed by atoms with Crippen LogP contribution in [0, 0.1) is 0 Å². The topological polar surface area (TPSA) is 74.6 Å². The van der Waals surface area contributed by atoms with Crippen molar-refractivity contribution >= 4 is 55.0 Å². The Labute approximate surface area is 367 Å². The Morgan fingerprint density at radius 2 is 0.645 bits per heavy atom. The second-order valence-electron chi connectivity index (χ2n) is 19.3. The first-order chi connectivity index (χ1) is 29.5. The van der Waals surface area contributed by atoms with Crippen molar-refractivity contribution in [3.63, 3.8) is 0 Å². The molecule has 0 saturated heterocycles. The van der Waals surface area contributed by atoms with Crippen LogP contribution in [0.3, 0.4) is 0 Å². The van der Waals surface area contributed by atoms with Gasteiger partial charge in [0.1, 0.15) is 0 Å². The zero-order chi connectivity index (χ0) is 44.6. The molecular formula is C58H60O4. The molecule has 0 atom stereocenters. The molecule has 0 aliphatic carbocycles. The number of hydrogen-bond acceptors (Lipinski definition) is 2. The number of benzene rings is 8. The smallest absolute Gasteiger partial charge is 0.336 e. The summed E-state index contributed by atoms with van der Waals surface area (Å²) < 4.78 is 0. The quantitative estimate of drug-likeness (QED) is 0.101. The van der Waals surface area contributed by atoms with Crippen molar-refractivity contribution in [2.45, 2.75) is 119 Å². The third-order valence-corrected chi connectivity index (χ3v) is 13.4. The van der Waals surface area contributed by atoms with Crippen molar-refractivity contribution in [1.82, 2.24) is 0 Å². The zero-order valence-corrected chi connectivity index (χ0v) is 38.4. The Morgan fingerprint density at radius 3 is 0.984 bits per heavy atom. The molecule has 2 N–H and O–H groups in total. The number of aromatic carboxylic acids is 2. The summed E-state index contributed by atoms with van der Waals surface area (Å²) in [5.41, 5.74) is 13.3. The third-order valence-electron chi connectivity index (χ3n) is 13.4. The lowest BCUT2D eigenvalue weighted by molar-refractivity contribution is 0.0695. The highest BCUT2D eigenvalue weighted by atomic mass is 16.4. The van der Waals surface area contributed by atoms with Crippen LogP contribution in [0.5, 0.6) is 0 Å². The second-order valence-corrected chi connectivity index (χ2v) is 19.3. The molecule has 0 aliphatic rings. The number of carbonyl (C=O) groups is 2. The fourth-order valence-electron chi connectivity index (χ4n) is 10.6. The summed E-state index contributed by atoms with van der Waals surface area (Å²) in [6, 6.07) is 34.3. The van der Waals surface area contributed by atoms with E-state index >= 15 is 0 Å². The minimum atomic E-state index is -1.15. The van der Waals surface area contributed by atoms with Gasteiger partial charge in [-0.25, -0.2) is 9.59 Å². The van der Waals surface area contributed by atoms with Crippen LogP contribution >= 0.6 is 0 Å². The Kier molecular flexibility index (Phi) is 11.0. The van der Waals surface area contributed by atoms with Crippen molar-refractivity contribution in [2.75, 3.05) is 0 Å². The SMILES string of the molecule is CC(C)c1cccc(C(C)C)c1-c1ccc2c3c(-c4c(C(C)C)cccc4C(C)C)cc(C(=O)O)c4c(C(=O)O)cc(-c5c(C(C)C)cccc5C(C)C)c(c5cccc1c52)c43. The van der Waals surface area contributed by atoms with E-state index in [0.717, 1.165) is 76.8 Å². The summed E-state index contributed by atoms with van der Waals surface area (Å²) in [6.07, 6.45) is 0. The van der Waals surface area contributed by atoms with Gasteiger partial charge < -0.3 is 10.2 Å². The monoisotopic (exact) mass is 820 g/mol. The van der Waals surface area contributed by atoms with Crippen molar-refractivity contribution < 1.29 is 19.8 Å². The summed E-state index contributed by atoms with van der Waals surface area (Å²) >= 11 is 0. The predicted octanol–water partition coefficient (Wildman–Crippen LogP) is 16.9. The van der Waals surface area contributed by atoms with Gasteiger partial charge in [-0.1, -0.05) is 168 Å². The van der Waals surface area contributed by atoms with Crippen LogP contribution in [0.1, 0.15) is 173 Å². The van der Waals surface area contributed by atoms with Gasteiger partial charge in [-0.15, -0.1) is 0 Å². The van der Waals surface area contributed by atoms with Gasteiger partial charge in [-0.2, -0.15) is 0 Å². The molecule has 8 aromatic carbocycles.